The monoisotopic (exact) mass is 447 g/mol. The van der Waals surface area contributed by atoms with Gasteiger partial charge in [-0.15, -0.1) is 11.8 Å². The summed E-state index contributed by atoms with van der Waals surface area (Å²) in [6.07, 6.45) is 0. The quantitative estimate of drug-likeness (QED) is 0.588. The first kappa shape index (κ1) is 20.4. The van der Waals surface area contributed by atoms with Crippen LogP contribution in [0.2, 0.25) is 15.1 Å². The molecule has 1 aliphatic rings. The van der Waals surface area contributed by atoms with Crippen molar-refractivity contribution in [1.29, 1.82) is 0 Å². The molecule has 0 spiro atoms. The van der Waals surface area contributed by atoms with E-state index in [2.05, 4.69) is 5.32 Å². The van der Waals surface area contributed by atoms with Gasteiger partial charge in [-0.3, -0.25) is 10.1 Å². The fourth-order valence-corrected chi connectivity index (χ4v) is 4.77. The number of halogens is 3. The van der Waals surface area contributed by atoms with Crippen LogP contribution in [-0.2, 0) is 4.79 Å². The van der Waals surface area contributed by atoms with Crippen molar-refractivity contribution in [3.05, 3.63) is 57.0 Å². The van der Waals surface area contributed by atoms with Gasteiger partial charge < -0.3 is 14.6 Å². The molecule has 0 amide bonds. The molecule has 1 aliphatic heterocycles. The van der Waals surface area contributed by atoms with Gasteiger partial charge in [0.05, 0.1) is 15.4 Å². The first-order chi connectivity index (χ1) is 13.0. The average molecular weight is 449 g/mol. The van der Waals surface area contributed by atoms with E-state index in [-0.39, 0.29) is 18.6 Å². The van der Waals surface area contributed by atoms with E-state index in [4.69, 9.17) is 49.4 Å². The summed E-state index contributed by atoms with van der Waals surface area (Å²) in [7, 11) is 0. The maximum atomic E-state index is 11.1. The normalized spacial score (nSPS) is 19.1. The van der Waals surface area contributed by atoms with Crippen LogP contribution < -0.4 is 14.8 Å². The number of para-hydroxylation sites is 1. The Kier molecular flexibility index (Phi) is 7.00. The minimum absolute atomic E-state index is 0.136. The summed E-state index contributed by atoms with van der Waals surface area (Å²) >= 11 is 19.6. The molecule has 27 heavy (non-hydrogen) atoms. The zero-order valence-corrected chi connectivity index (χ0v) is 17.0. The minimum atomic E-state index is -0.853. The van der Waals surface area contributed by atoms with E-state index < -0.39 is 12.0 Å². The lowest BCUT2D eigenvalue weighted by Gasteiger charge is -2.17. The maximum Gasteiger partial charge on any atom is 0.321 e. The molecular formula is C18H16Cl3NO4S. The molecule has 3 rings (SSSR count). The topological polar surface area (TPSA) is 67.8 Å². The number of carboxylic acid groups (broad SMARTS) is 1. The van der Waals surface area contributed by atoms with Crippen LogP contribution in [0.3, 0.4) is 0 Å². The largest absolute Gasteiger partial charge is 0.490 e. The standard InChI is InChI=1S/C18H16Cl3NO4S/c19-10-7-12(20)16(13(21)8-10)26-6-5-25-15-4-2-1-3-11(15)17-22-14(9-27-17)18(23)24/h1-4,7-8,14,17,22H,5-6,9H2,(H,23,24). The fourth-order valence-electron chi connectivity index (χ4n) is 2.58. The highest BCUT2D eigenvalue weighted by Gasteiger charge is 2.31. The van der Waals surface area contributed by atoms with Gasteiger partial charge in [-0.2, -0.15) is 0 Å². The SMILES string of the molecule is O=C(O)C1CSC(c2ccccc2OCCOc2c(Cl)cc(Cl)cc2Cl)N1. The molecule has 0 saturated carbocycles. The molecule has 0 aliphatic carbocycles. The van der Waals surface area contributed by atoms with Gasteiger partial charge in [0, 0.05) is 16.3 Å². The molecule has 144 valence electrons. The number of carboxylic acids is 1. The van der Waals surface area contributed by atoms with E-state index in [0.29, 0.717) is 32.3 Å². The third-order valence-corrected chi connectivity index (χ3v) is 5.86. The highest BCUT2D eigenvalue weighted by molar-refractivity contribution is 7.99. The van der Waals surface area contributed by atoms with E-state index in [0.717, 1.165) is 5.56 Å². The van der Waals surface area contributed by atoms with E-state index in [1.807, 2.05) is 24.3 Å². The summed E-state index contributed by atoms with van der Waals surface area (Å²) in [4.78, 5) is 11.1. The number of rotatable bonds is 7. The lowest BCUT2D eigenvalue weighted by molar-refractivity contribution is -0.138. The summed E-state index contributed by atoms with van der Waals surface area (Å²) in [6.45, 7) is 0.504. The van der Waals surface area contributed by atoms with Gasteiger partial charge in [0.15, 0.2) is 5.75 Å². The lowest BCUT2D eigenvalue weighted by Crippen LogP contribution is -2.33. The lowest BCUT2D eigenvalue weighted by atomic mass is 10.2. The zero-order chi connectivity index (χ0) is 19.4. The number of nitrogens with one attached hydrogen (secondary N) is 1. The van der Waals surface area contributed by atoms with E-state index in [9.17, 15) is 4.79 Å². The third kappa shape index (κ3) is 5.15. The van der Waals surface area contributed by atoms with Gasteiger partial charge in [-0.05, 0) is 18.2 Å². The van der Waals surface area contributed by atoms with Crippen LogP contribution in [0.4, 0.5) is 0 Å². The summed E-state index contributed by atoms with van der Waals surface area (Å²) in [5.41, 5.74) is 0.897. The zero-order valence-electron chi connectivity index (χ0n) is 14.0. The highest BCUT2D eigenvalue weighted by Crippen LogP contribution is 2.38. The van der Waals surface area contributed by atoms with Crippen molar-refractivity contribution in [3.8, 4) is 11.5 Å². The summed E-state index contributed by atoms with van der Waals surface area (Å²) < 4.78 is 11.4. The summed E-state index contributed by atoms with van der Waals surface area (Å²) in [5, 5.41) is 13.2. The van der Waals surface area contributed by atoms with Crippen molar-refractivity contribution < 1.29 is 19.4 Å². The van der Waals surface area contributed by atoms with Gasteiger partial charge in [-0.25, -0.2) is 0 Å². The predicted octanol–water partition coefficient (Wildman–Crippen LogP) is 4.89. The predicted molar refractivity (Wildman–Crippen MR) is 109 cm³/mol. The number of ether oxygens (including phenoxy) is 2. The van der Waals surface area contributed by atoms with Crippen molar-refractivity contribution in [2.24, 2.45) is 0 Å². The third-order valence-electron chi connectivity index (χ3n) is 3.83. The molecule has 5 nitrogen and oxygen atoms in total. The van der Waals surface area contributed by atoms with Crippen LogP contribution in [0.5, 0.6) is 11.5 Å². The van der Waals surface area contributed by atoms with Crippen LogP contribution >= 0.6 is 46.6 Å². The van der Waals surface area contributed by atoms with Gasteiger partial charge in [0.1, 0.15) is 25.0 Å². The van der Waals surface area contributed by atoms with Crippen molar-refractivity contribution in [2.75, 3.05) is 19.0 Å². The maximum absolute atomic E-state index is 11.1. The molecule has 1 heterocycles. The van der Waals surface area contributed by atoms with Crippen LogP contribution in [0.1, 0.15) is 10.9 Å². The molecule has 1 fully saturated rings. The Morgan fingerprint density at radius 3 is 2.48 bits per heavy atom. The minimum Gasteiger partial charge on any atom is -0.490 e. The molecule has 0 bridgehead atoms. The first-order valence-electron chi connectivity index (χ1n) is 8.05. The number of hydrogen-bond donors (Lipinski definition) is 2. The van der Waals surface area contributed by atoms with Gasteiger partial charge in [-0.1, -0.05) is 53.0 Å². The van der Waals surface area contributed by atoms with Crippen molar-refractivity contribution in [2.45, 2.75) is 11.4 Å². The molecular weight excluding hydrogens is 433 g/mol. The molecule has 2 aromatic rings. The van der Waals surface area contributed by atoms with E-state index >= 15 is 0 Å². The highest BCUT2D eigenvalue weighted by atomic mass is 35.5. The van der Waals surface area contributed by atoms with Crippen molar-refractivity contribution in [3.63, 3.8) is 0 Å². The van der Waals surface area contributed by atoms with Crippen LogP contribution in [0.15, 0.2) is 36.4 Å². The van der Waals surface area contributed by atoms with Crippen LogP contribution in [0, 0.1) is 0 Å². The Balaban J connectivity index is 1.59. The van der Waals surface area contributed by atoms with Gasteiger partial charge in [0.25, 0.3) is 0 Å². The molecule has 2 N–H and O–H groups in total. The molecule has 0 aromatic heterocycles. The Morgan fingerprint density at radius 2 is 1.81 bits per heavy atom. The van der Waals surface area contributed by atoms with Gasteiger partial charge >= 0.3 is 5.97 Å². The fraction of sp³-hybridized carbons (Fsp3) is 0.278. The second-order valence-electron chi connectivity index (χ2n) is 5.70. The molecule has 9 heteroatoms. The van der Waals surface area contributed by atoms with Crippen molar-refractivity contribution >= 4 is 52.5 Å². The molecule has 1 saturated heterocycles. The number of carbonyl (C=O) groups is 1. The smallest absolute Gasteiger partial charge is 0.321 e. The van der Waals surface area contributed by atoms with Crippen LogP contribution in [-0.4, -0.2) is 36.1 Å². The molecule has 0 radical (unpaired) electrons. The van der Waals surface area contributed by atoms with E-state index in [1.165, 1.54) is 11.8 Å². The van der Waals surface area contributed by atoms with Crippen molar-refractivity contribution in [1.82, 2.24) is 5.32 Å². The van der Waals surface area contributed by atoms with Crippen LogP contribution in [0.25, 0.3) is 0 Å². The number of hydrogen-bond acceptors (Lipinski definition) is 5. The second kappa shape index (κ2) is 9.26. The first-order valence-corrected chi connectivity index (χ1v) is 10.2. The number of aliphatic carboxylic acids is 1. The number of benzene rings is 2. The molecule has 2 unspecified atom stereocenters. The Morgan fingerprint density at radius 1 is 1.15 bits per heavy atom. The second-order valence-corrected chi connectivity index (χ2v) is 8.09. The average Bonchev–Trinajstić information content (AvgIpc) is 3.11. The van der Waals surface area contributed by atoms with Gasteiger partial charge in [0.2, 0.25) is 0 Å². The summed E-state index contributed by atoms with van der Waals surface area (Å²) in [5.74, 6) is 0.682. The summed E-state index contributed by atoms with van der Waals surface area (Å²) in [6, 6.07) is 10.1. The number of thioether (sulfide) groups is 1. The molecule has 2 aromatic carbocycles. The van der Waals surface area contributed by atoms with E-state index in [1.54, 1.807) is 12.1 Å². The molecule has 2 atom stereocenters. The Hall–Kier alpha value is -1.31. The Bertz CT molecular complexity index is 813. The Labute approximate surface area is 175 Å².